The Balaban J connectivity index is 3.37. The fraction of sp³-hybridized carbons (Fsp3) is 0. The molecule has 0 aliphatic rings. The maximum absolute atomic E-state index is 10.9. The summed E-state index contributed by atoms with van der Waals surface area (Å²) < 4.78 is 0. The minimum Gasteiger partial charge on any atom is -0.276 e. The van der Waals surface area contributed by atoms with E-state index >= 15 is 0 Å². The van der Waals surface area contributed by atoms with Crippen LogP contribution in [-0.2, 0) is 0 Å². The summed E-state index contributed by atoms with van der Waals surface area (Å²) in [6.07, 6.45) is 0. The zero-order valence-electron chi connectivity index (χ0n) is 6.75. The number of benzene rings is 1. The van der Waals surface area contributed by atoms with Crippen molar-refractivity contribution in [2.24, 2.45) is 0 Å². The highest BCUT2D eigenvalue weighted by Gasteiger charge is 2.12. The summed E-state index contributed by atoms with van der Waals surface area (Å²) >= 11 is 10.4. The predicted molar refractivity (Wildman–Crippen MR) is 51.5 cm³/mol. The second-order valence-corrected chi connectivity index (χ2v) is 3.11. The number of hydrogen-bond acceptors (Lipinski definition) is 3. The second-order valence-electron chi connectivity index (χ2n) is 2.42. The summed E-state index contributed by atoms with van der Waals surface area (Å²) in [6.45, 7) is 0. The number of halogens is 2. The van der Waals surface area contributed by atoms with Crippen LogP contribution in [0.15, 0.2) is 18.2 Å². The minimum atomic E-state index is -0.790. The molecule has 0 spiro atoms. The molecular weight excluding hydrogens is 225 g/mol. The van der Waals surface area contributed by atoms with E-state index in [4.69, 9.17) is 28.5 Å². The molecule has 0 heterocycles. The molecule has 0 bridgehead atoms. The van der Waals surface area contributed by atoms with Crippen molar-refractivity contribution in [3.05, 3.63) is 34.9 Å². The van der Waals surface area contributed by atoms with Crippen molar-refractivity contribution in [2.75, 3.05) is 0 Å². The van der Waals surface area contributed by atoms with Gasteiger partial charge < -0.3 is 0 Å². The lowest BCUT2D eigenvalue weighted by Crippen LogP contribution is -1.98. The summed E-state index contributed by atoms with van der Waals surface area (Å²) in [4.78, 5) is 21.6. The van der Waals surface area contributed by atoms with Crippen LogP contribution >= 0.6 is 23.2 Å². The number of nitrogens with zero attached hydrogens (tertiary/aromatic N) is 1. The Morgan fingerprint density at radius 2 is 1.86 bits per heavy atom. The van der Waals surface area contributed by atoms with Gasteiger partial charge in [-0.25, -0.2) is 0 Å². The topological polar surface area (TPSA) is 57.9 Å². The molecule has 1 aromatic carbocycles. The van der Waals surface area contributed by atoms with Crippen LogP contribution in [0.4, 0.5) is 0 Å². The monoisotopic (exact) mass is 227 g/mol. The van der Waals surface area contributed by atoms with Crippen molar-refractivity contribution < 1.29 is 9.59 Å². The lowest BCUT2D eigenvalue weighted by atomic mass is 10.1. The van der Waals surface area contributed by atoms with Gasteiger partial charge in [0.1, 0.15) is 0 Å². The van der Waals surface area contributed by atoms with E-state index in [0.717, 1.165) is 0 Å². The average molecular weight is 228 g/mol. The standard InChI is InChI=1S/C9H3Cl2NO2/c10-8(13)5-1-2-6(4-12)7(3-5)9(11)14/h1-3H. The van der Waals surface area contributed by atoms with E-state index in [1.54, 1.807) is 6.07 Å². The number of rotatable bonds is 2. The Labute approximate surface area is 89.8 Å². The van der Waals surface area contributed by atoms with Gasteiger partial charge in [-0.05, 0) is 41.4 Å². The zero-order chi connectivity index (χ0) is 10.7. The second kappa shape index (κ2) is 4.23. The molecular formula is C9H3Cl2NO2. The van der Waals surface area contributed by atoms with Gasteiger partial charge in [0.05, 0.1) is 17.2 Å². The molecule has 0 N–H and O–H groups in total. The summed E-state index contributed by atoms with van der Waals surface area (Å²) in [7, 11) is 0. The Hall–Kier alpha value is -1.37. The van der Waals surface area contributed by atoms with Gasteiger partial charge in [0.2, 0.25) is 0 Å². The van der Waals surface area contributed by atoms with Crippen LogP contribution in [0.25, 0.3) is 0 Å². The Kier molecular flexibility index (Phi) is 3.23. The number of nitriles is 1. The summed E-state index contributed by atoms with van der Waals surface area (Å²) in [6, 6.07) is 5.66. The molecule has 70 valence electrons. The summed E-state index contributed by atoms with van der Waals surface area (Å²) in [5.74, 6) is 0. The van der Waals surface area contributed by atoms with Gasteiger partial charge in [0.25, 0.3) is 10.5 Å². The summed E-state index contributed by atoms with van der Waals surface area (Å²) in [5, 5.41) is 7.13. The molecule has 0 aromatic heterocycles. The number of carbonyl (C=O) groups is 2. The average Bonchev–Trinajstić information content (AvgIpc) is 2.16. The van der Waals surface area contributed by atoms with Gasteiger partial charge in [-0.1, -0.05) is 0 Å². The fourth-order valence-electron chi connectivity index (χ4n) is 0.927. The summed E-state index contributed by atoms with van der Waals surface area (Å²) in [5.41, 5.74) is 0.238. The molecule has 0 aliphatic carbocycles. The van der Waals surface area contributed by atoms with Crippen LogP contribution < -0.4 is 0 Å². The predicted octanol–water partition coefficient (Wildman–Crippen LogP) is 2.32. The first-order valence-corrected chi connectivity index (χ1v) is 4.25. The number of carbonyl (C=O) groups excluding carboxylic acids is 2. The van der Waals surface area contributed by atoms with E-state index in [1.807, 2.05) is 0 Å². The quantitative estimate of drug-likeness (QED) is 0.729. The smallest absolute Gasteiger partial charge is 0.253 e. The molecule has 0 radical (unpaired) electrons. The SMILES string of the molecule is N#Cc1ccc(C(=O)Cl)cc1C(=O)Cl. The van der Waals surface area contributed by atoms with Gasteiger partial charge >= 0.3 is 0 Å². The van der Waals surface area contributed by atoms with Crippen LogP contribution in [0, 0.1) is 11.3 Å². The van der Waals surface area contributed by atoms with Crippen molar-refractivity contribution in [1.29, 1.82) is 5.26 Å². The van der Waals surface area contributed by atoms with Crippen LogP contribution in [0.2, 0.25) is 0 Å². The number of hydrogen-bond donors (Lipinski definition) is 0. The van der Waals surface area contributed by atoms with Crippen molar-refractivity contribution in [3.8, 4) is 6.07 Å². The molecule has 1 aromatic rings. The van der Waals surface area contributed by atoms with Crippen molar-refractivity contribution in [1.82, 2.24) is 0 Å². The maximum atomic E-state index is 10.9. The molecule has 0 fully saturated rings. The van der Waals surface area contributed by atoms with Crippen LogP contribution in [0.3, 0.4) is 0 Å². The van der Waals surface area contributed by atoms with E-state index in [2.05, 4.69) is 0 Å². The van der Waals surface area contributed by atoms with E-state index in [-0.39, 0.29) is 16.7 Å². The van der Waals surface area contributed by atoms with Gasteiger partial charge in [0.15, 0.2) is 0 Å². The van der Waals surface area contributed by atoms with Gasteiger partial charge in [-0.3, -0.25) is 9.59 Å². The Bertz CT molecular complexity index is 449. The first kappa shape index (κ1) is 10.7. The van der Waals surface area contributed by atoms with Crippen molar-refractivity contribution in [3.63, 3.8) is 0 Å². The molecule has 0 unspecified atom stereocenters. The normalized spacial score (nSPS) is 9.21. The lowest BCUT2D eigenvalue weighted by Gasteiger charge is -1.99. The van der Waals surface area contributed by atoms with Crippen LogP contribution in [0.1, 0.15) is 26.3 Å². The fourth-order valence-corrected chi connectivity index (χ4v) is 1.20. The molecule has 1 rings (SSSR count). The van der Waals surface area contributed by atoms with E-state index in [9.17, 15) is 9.59 Å². The lowest BCUT2D eigenvalue weighted by molar-refractivity contribution is 0.107. The third-order valence-corrected chi connectivity index (χ3v) is 2.00. The molecule has 0 saturated heterocycles. The van der Waals surface area contributed by atoms with Crippen LogP contribution in [-0.4, -0.2) is 10.5 Å². The Morgan fingerprint density at radius 3 is 2.29 bits per heavy atom. The van der Waals surface area contributed by atoms with Crippen LogP contribution in [0.5, 0.6) is 0 Å². The van der Waals surface area contributed by atoms with Crippen molar-refractivity contribution >= 4 is 33.7 Å². The first-order valence-electron chi connectivity index (χ1n) is 3.50. The minimum absolute atomic E-state index is 0.0133. The third kappa shape index (κ3) is 2.11. The largest absolute Gasteiger partial charge is 0.276 e. The van der Waals surface area contributed by atoms with E-state index in [1.165, 1.54) is 18.2 Å². The third-order valence-electron chi connectivity index (χ3n) is 1.58. The highest BCUT2D eigenvalue weighted by atomic mass is 35.5. The van der Waals surface area contributed by atoms with Gasteiger partial charge in [-0.2, -0.15) is 5.26 Å². The van der Waals surface area contributed by atoms with E-state index in [0.29, 0.717) is 0 Å². The van der Waals surface area contributed by atoms with Gasteiger partial charge in [0, 0.05) is 5.56 Å². The molecule has 0 atom stereocenters. The highest BCUT2D eigenvalue weighted by Crippen LogP contribution is 2.15. The molecule has 0 aliphatic heterocycles. The maximum Gasteiger partial charge on any atom is 0.253 e. The van der Waals surface area contributed by atoms with Gasteiger partial charge in [-0.15, -0.1) is 0 Å². The first-order chi connectivity index (χ1) is 6.56. The molecule has 0 saturated carbocycles. The van der Waals surface area contributed by atoms with E-state index < -0.39 is 10.5 Å². The molecule has 0 amide bonds. The zero-order valence-corrected chi connectivity index (χ0v) is 8.26. The molecule has 3 nitrogen and oxygen atoms in total. The molecule has 5 heteroatoms. The Morgan fingerprint density at radius 1 is 1.21 bits per heavy atom. The molecule has 14 heavy (non-hydrogen) atoms. The highest BCUT2D eigenvalue weighted by molar-refractivity contribution is 6.69. The van der Waals surface area contributed by atoms with Crippen molar-refractivity contribution in [2.45, 2.75) is 0 Å².